The van der Waals surface area contributed by atoms with Crippen LogP contribution < -0.4 is 5.32 Å². The third-order valence-corrected chi connectivity index (χ3v) is 3.83. The maximum Gasteiger partial charge on any atom is 0.0948 e. The second-order valence-electron chi connectivity index (χ2n) is 6.20. The van der Waals surface area contributed by atoms with Gasteiger partial charge in [-0.3, -0.25) is 0 Å². The van der Waals surface area contributed by atoms with Crippen LogP contribution in [0.25, 0.3) is 0 Å². The van der Waals surface area contributed by atoms with Crippen molar-refractivity contribution in [1.29, 1.82) is 0 Å². The summed E-state index contributed by atoms with van der Waals surface area (Å²) >= 11 is 0. The topological polar surface area (TPSA) is 29.9 Å². The Bertz CT molecular complexity index is 516. The van der Waals surface area contributed by atoms with Crippen LogP contribution >= 0.6 is 0 Å². The minimum atomic E-state index is 0.574. The Kier molecular flexibility index (Phi) is 6.00. The standard InChI is InChI=1S/C18H27N3/c1-15(2)11-19-12-18-13-20-14-21(18)10-9-16(3)17-7-5-4-6-8-17/h4-8,13-16,19H,9-12H2,1-3H3. The molecule has 0 aliphatic heterocycles. The number of aromatic nitrogens is 2. The molecule has 3 nitrogen and oxygen atoms in total. The number of nitrogens with zero attached hydrogens (tertiary/aromatic N) is 2. The quantitative estimate of drug-likeness (QED) is 0.799. The van der Waals surface area contributed by atoms with E-state index in [-0.39, 0.29) is 0 Å². The van der Waals surface area contributed by atoms with Crippen molar-refractivity contribution in [2.45, 2.75) is 46.2 Å². The summed E-state index contributed by atoms with van der Waals surface area (Å²) in [5.74, 6) is 1.25. The van der Waals surface area contributed by atoms with Gasteiger partial charge in [0.15, 0.2) is 0 Å². The summed E-state index contributed by atoms with van der Waals surface area (Å²) in [5.41, 5.74) is 2.69. The molecule has 0 spiro atoms. The summed E-state index contributed by atoms with van der Waals surface area (Å²) in [7, 11) is 0. The van der Waals surface area contributed by atoms with Crippen molar-refractivity contribution in [3.8, 4) is 0 Å². The van der Waals surface area contributed by atoms with Crippen LogP contribution in [0, 0.1) is 5.92 Å². The Balaban J connectivity index is 1.84. The lowest BCUT2D eigenvalue weighted by Gasteiger charge is -2.14. The Morgan fingerprint density at radius 3 is 2.62 bits per heavy atom. The van der Waals surface area contributed by atoms with E-state index in [4.69, 9.17) is 0 Å². The molecule has 0 saturated carbocycles. The van der Waals surface area contributed by atoms with Crippen molar-refractivity contribution in [3.05, 3.63) is 54.1 Å². The van der Waals surface area contributed by atoms with E-state index in [2.05, 4.69) is 66.0 Å². The molecule has 1 aromatic carbocycles. The maximum atomic E-state index is 4.29. The number of aryl methyl sites for hydroxylation is 1. The van der Waals surface area contributed by atoms with Gasteiger partial charge in [0.25, 0.3) is 0 Å². The van der Waals surface area contributed by atoms with E-state index in [0.717, 1.165) is 26.1 Å². The monoisotopic (exact) mass is 285 g/mol. The molecule has 3 heteroatoms. The summed E-state index contributed by atoms with van der Waals surface area (Å²) in [5, 5.41) is 3.49. The SMILES string of the molecule is CC(C)CNCc1cncn1CCC(C)c1ccccc1. The zero-order valence-corrected chi connectivity index (χ0v) is 13.4. The minimum Gasteiger partial charge on any atom is -0.333 e. The third kappa shape index (κ3) is 5.01. The molecule has 1 heterocycles. The molecular formula is C18H27N3. The van der Waals surface area contributed by atoms with E-state index in [1.54, 1.807) is 0 Å². The van der Waals surface area contributed by atoms with E-state index < -0.39 is 0 Å². The first-order valence-corrected chi connectivity index (χ1v) is 7.91. The molecule has 1 N–H and O–H groups in total. The molecule has 0 amide bonds. The lowest BCUT2D eigenvalue weighted by molar-refractivity contribution is 0.518. The molecular weight excluding hydrogens is 258 g/mol. The second-order valence-corrected chi connectivity index (χ2v) is 6.20. The van der Waals surface area contributed by atoms with Crippen molar-refractivity contribution in [1.82, 2.24) is 14.9 Å². The fraction of sp³-hybridized carbons (Fsp3) is 0.500. The van der Waals surface area contributed by atoms with Crippen LogP contribution in [-0.2, 0) is 13.1 Å². The van der Waals surface area contributed by atoms with Gasteiger partial charge in [0.2, 0.25) is 0 Å². The van der Waals surface area contributed by atoms with Crippen LogP contribution in [0.15, 0.2) is 42.9 Å². The van der Waals surface area contributed by atoms with Crippen molar-refractivity contribution in [3.63, 3.8) is 0 Å². The number of hydrogen-bond donors (Lipinski definition) is 1. The minimum absolute atomic E-state index is 0.574. The molecule has 0 radical (unpaired) electrons. The summed E-state index contributed by atoms with van der Waals surface area (Å²) in [6.45, 7) is 9.72. The van der Waals surface area contributed by atoms with Crippen LogP contribution in [0.5, 0.6) is 0 Å². The van der Waals surface area contributed by atoms with Gasteiger partial charge in [-0.2, -0.15) is 0 Å². The second kappa shape index (κ2) is 7.99. The maximum absolute atomic E-state index is 4.29. The van der Waals surface area contributed by atoms with Crippen molar-refractivity contribution >= 4 is 0 Å². The Morgan fingerprint density at radius 1 is 1.14 bits per heavy atom. The molecule has 1 atom stereocenters. The molecule has 21 heavy (non-hydrogen) atoms. The van der Waals surface area contributed by atoms with Crippen molar-refractivity contribution < 1.29 is 0 Å². The fourth-order valence-corrected chi connectivity index (χ4v) is 2.47. The fourth-order valence-electron chi connectivity index (χ4n) is 2.47. The first-order chi connectivity index (χ1) is 10.2. The van der Waals surface area contributed by atoms with Gasteiger partial charge in [-0.25, -0.2) is 4.98 Å². The Morgan fingerprint density at radius 2 is 1.90 bits per heavy atom. The van der Waals surface area contributed by atoms with Crippen LogP contribution in [0.2, 0.25) is 0 Å². The van der Waals surface area contributed by atoms with Crippen LogP contribution in [0.4, 0.5) is 0 Å². The van der Waals surface area contributed by atoms with Gasteiger partial charge in [-0.1, -0.05) is 51.1 Å². The predicted molar refractivity (Wildman–Crippen MR) is 88.2 cm³/mol. The highest BCUT2D eigenvalue weighted by Crippen LogP contribution is 2.19. The summed E-state index contributed by atoms with van der Waals surface area (Å²) in [6, 6.07) is 10.7. The van der Waals surface area contributed by atoms with E-state index in [1.807, 2.05) is 12.5 Å². The number of nitrogens with one attached hydrogen (secondary N) is 1. The van der Waals surface area contributed by atoms with Crippen LogP contribution in [0.3, 0.4) is 0 Å². The molecule has 0 bridgehead atoms. The average Bonchev–Trinajstić information content (AvgIpc) is 2.93. The Labute approximate surface area is 128 Å². The van der Waals surface area contributed by atoms with Crippen molar-refractivity contribution in [2.75, 3.05) is 6.54 Å². The van der Waals surface area contributed by atoms with E-state index in [9.17, 15) is 0 Å². The van der Waals surface area contributed by atoms with Gasteiger partial charge in [-0.15, -0.1) is 0 Å². The number of hydrogen-bond acceptors (Lipinski definition) is 2. The third-order valence-electron chi connectivity index (χ3n) is 3.83. The number of rotatable bonds is 8. The average molecular weight is 285 g/mol. The lowest BCUT2D eigenvalue weighted by Crippen LogP contribution is -2.21. The lowest BCUT2D eigenvalue weighted by atomic mass is 9.98. The van der Waals surface area contributed by atoms with Gasteiger partial charge in [-0.05, 0) is 30.4 Å². The van der Waals surface area contributed by atoms with Crippen molar-refractivity contribution in [2.24, 2.45) is 5.92 Å². The van der Waals surface area contributed by atoms with Gasteiger partial charge in [0.05, 0.1) is 12.0 Å². The normalized spacial score (nSPS) is 12.8. The van der Waals surface area contributed by atoms with Gasteiger partial charge < -0.3 is 9.88 Å². The molecule has 1 unspecified atom stereocenters. The molecule has 1 aromatic heterocycles. The highest BCUT2D eigenvalue weighted by molar-refractivity contribution is 5.18. The summed E-state index contributed by atoms with van der Waals surface area (Å²) in [6.07, 6.45) is 5.06. The van der Waals surface area contributed by atoms with E-state index >= 15 is 0 Å². The van der Waals surface area contributed by atoms with Crippen LogP contribution in [-0.4, -0.2) is 16.1 Å². The predicted octanol–water partition coefficient (Wildman–Crippen LogP) is 3.82. The molecule has 0 aliphatic carbocycles. The molecule has 2 aromatic rings. The van der Waals surface area contributed by atoms with E-state index in [0.29, 0.717) is 11.8 Å². The summed E-state index contributed by atoms with van der Waals surface area (Å²) < 4.78 is 2.27. The number of benzene rings is 1. The highest BCUT2D eigenvalue weighted by Gasteiger charge is 2.07. The largest absolute Gasteiger partial charge is 0.333 e. The molecule has 0 aliphatic rings. The highest BCUT2D eigenvalue weighted by atomic mass is 15.1. The smallest absolute Gasteiger partial charge is 0.0948 e. The van der Waals surface area contributed by atoms with Crippen LogP contribution in [0.1, 0.15) is 44.4 Å². The molecule has 2 rings (SSSR count). The number of imidazole rings is 1. The van der Waals surface area contributed by atoms with Gasteiger partial charge in [0, 0.05) is 19.3 Å². The molecule has 0 fully saturated rings. The Hall–Kier alpha value is -1.61. The molecule has 0 saturated heterocycles. The van der Waals surface area contributed by atoms with Gasteiger partial charge >= 0.3 is 0 Å². The zero-order chi connectivity index (χ0) is 15.1. The zero-order valence-electron chi connectivity index (χ0n) is 13.4. The first-order valence-electron chi connectivity index (χ1n) is 7.91. The van der Waals surface area contributed by atoms with Gasteiger partial charge in [0.1, 0.15) is 0 Å². The summed E-state index contributed by atoms with van der Waals surface area (Å²) in [4.78, 5) is 4.29. The molecule has 114 valence electrons. The first kappa shape index (κ1) is 15.8. The van der Waals surface area contributed by atoms with E-state index in [1.165, 1.54) is 11.3 Å².